The molecule has 0 spiro atoms. The van der Waals surface area contributed by atoms with Gasteiger partial charge in [0.1, 0.15) is 0 Å². The Hall–Kier alpha value is -1.88. The van der Waals surface area contributed by atoms with Gasteiger partial charge in [0.25, 0.3) is 0 Å². The fourth-order valence-electron chi connectivity index (χ4n) is 2.01. The smallest absolute Gasteiger partial charge is 0.163 e. The first kappa shape index (κ1) is 13.5. The van der Waals surface area contributed by atoms with Crippen LogP contribution in [-0.4, -0.2) is 10.2 Å². The van der Waals surface area contributed by atoms with Gasteiger partial charge in [0.2, 0.25) is 0 Å². The van der Waals surface area contributed by atoms with Gasteiger partial charge in [-0.15, -0.1) is 0 Å². The van der Waals surface area contributed by atoms with Crippen LogP contribution in [0.2, 0.25) is 0 Å². The van der Waals surface area contributed by atoms with Gasteiger partial charge in [-0.25, -0.2) is 8.78 Å². The van der Waals surface area contributed by atoms with Crippen molar-refractivity contribution in [3.63, 3.8) is 0 Å². The molecule has 0 radical (unpaired) electrons. The maximum atomic E-state index is 13.8. The molecule has 0 bridgehead atoms. The highest BCUT2D eigenvalue weighted by atomic mass is 19.2. The Morgan fingerprint density at radius 1 is 1.21 bits per heavy atom. The molecule has 19 heavy (non-hydrogen) atoms. The molecule has 5 heteroatoms. The summed E-state index contributed by atoms with van der Waals surface area (Å²) in [5.41, 5.74) is 8.25. The monoisotopic (exact) mass is 263 g/mol. The Morgan fingerprint density at radius 2 is 1.95 bits per heavy atom. The van der Waals surface area contributed by atoms with E-state index in [4.69, 9.17) is 5.73 Å². The van der Waals surface area contributed by atoms with E-state index >= 15 is 0 Å². The molecule has 0 aliphatic heterocycles. The summed E-state index contributed by atoms with van der Waals surface area (Å²) >= 11 is 0. The summed E-state index contributed by atoms with van der Waals surface area (Å²) in [4.78, 5) is 0. The molecule has 1 aromatic carbocycles. The summed E-state index contributed by atoms with van der Waals surface area (Å²) in [5, 5.41) is 8.00. The number of hydrogen-bond donors (Lipinski definition) is 1. The molecule has 0 fully saturated rings. The molecule has 1 atom stereocenters. The number of nitrogens with zero attached hydrogens (tertiary/aromatic N) is 2. The fraction of sp³-hybridized carbons (Fsp3) is 0.286. The maximum Gasteiger partial charge on any atom is 0.163 e. The van der Waals surface area contributed by atoms with Crippen molar-refractivity contribution in [2.75, 3.05) is 0 Å². The minimum atomic E-state index is -0.911. The Balaban J connectivity index is 2.52. The minimum Gasteiger partial charge on any atom is -0.320 e. The van der Waals surface area contributed by atoms with Crippen molar-refractivity contribution in [3.8, 4) is 0 Å². The quantitative estimate of drug-likeness (QED) is 0.926. The van der Waals surface area contributed by atoms with Gasteiger partial charge in [-0.1, -0.05) is 19.1 Å². The molecule has 0 aliphatic rings. The van der Waals surface area contributed by atoms with Crippen LogP contribution in [0.5, 0.6) is 0 Å². The molecule has 2 rings (SSSR count). The Labute approximate surface area is 110 Å². The summed E-state index contributed by atoms with van der Waals surface area (Å²) in [7, 11) is 0. The lowest BCUT2D eigenvalue weighted by Crippen LogP contribution is -2.17. The molecule has 1 heterocycles. The van der Waals surface area contributed by atoms with Crippen LogP contribution >= 0.6 is 0 Å². The van der Waals surface area contributed by atoms with Crippen molar-refractivity contribution >= 4 is 0 Å². The summed E-state index contributed by atoms with van der Waals surface area (Å²) in [5.74, 6) is -1.81. The molecule has 3 nitrogen and oxygen atoms in total. The topological polar surface area (TPSA) is 51.8 Å². The lowest BCUT2D eigenvalue weighted by Gasteiger charge is -2.16. The number of aromatic nitrogens is 2. The minimum absolute atomic E-state index is 0.127. The van der Waals surface area contributed by atoms with Crippen LogP contribution in [-0.2, 0) is 6.42 Å². The predicted octanol–water partition coefficient (Wildman–Crippen LogP) is 2.67. The van der Waals surface area contributed by atoms with E-state index in [1.165, 1.54) is 12.1 Å². The van der Waals surface area contributed by atoms with E-state index in [2.05, 4.69) is 10.2 Å². The maximum absolute atomic E-state index is 13.8. The lowest BCUT2D eigenvalue weighted by atomic mass is 9.96. The predicted molar refractivity (Wildman–Crippen MR) is 68.5 cm³/mol. The first-order chi connectivity index (χ1) is 9.04. The average Bonchev–Trinajstić information content (AvgIpc) is 2.41. The van der Waals surface area contributed by atoms with Gasteiger partial charge >= 0.3 is 0 Å². The second-order valence-corrected chi connectivity index (χ2v) is 4.36. The van der Waals surface area contributed by atoms with Gasteiger partial charge in [-0.3, -0.25) is 0 Å². The van der Waals surface area contributed by atoms with E-state index in [0.717, 1.165) is 6.07 Å². The summed E-state index contributed by atoms with van der Waals surface area (Å²) in [6.45, 7) is 3.70. The Kier molecular flexibility index (Phi) is 3.85. The molecule has 0 amide bonds. The molecule has 2 aromatic rings. The number of halogens is 2. The van der Waals surface area contributed by atoms with Crippen LogP contribution in [0.1, 0.15) is 35.5 Å². The highest BCUT2D eigenvalue weighted by Gasteiger charge is 2.19. The summed E-state index contributed by atoms with van der Waals surface area (Å²) in [6.07, 6.45) is 0.632. The van der Waals surface area contributed by atoms with Crippen molar-refractivity contribution < 1.29 is 8.78 Å². The van der Waals surface area contributed by atoms with E-state index in [9.17, 15) is 8.78 Å². The van der Waals surface area contributed by atoms with Crippen molar-refractivity contribution in [2.45, 2.75) is 26.3 Å². The number of rotatable bonds is 3. The Bertz CT molecular complexity index is 599. The first-order valence-corrected chi connectivity index (χ1v) is 6.07. The molecule has 1 aromatic heterocycles. The molecule has 1 unspecified atom stereocenters. The zero-order valence-electron chi connectivity index (χ0n) is 10.8. The third-order valence-corrected chi connectivity index (χ3v) is 3.01. The largest absolute Gasteiger partial charge is 0.320 e. The zero-order chi connectivity index (χ0) is 14.0. The fourth-order valence-corrected chi connectivity index (χ4v) is 2.01. The van der Waals surface area contributed by atoms with Crippen molar-refractivity contribution in [2.24, 2.45) is 5.73 Å². The van der Waals surface area contributed by atoms with Crippen molar-refractivity contribution in [1.29, 1.82) is 0 Å². The van der Waals surface area contributed by atoms with Crippen molar-refractivity contribution in [1.82, 2.24) is 10.2 Å². The lowest BCUT2D eigenvalue weighted by molar-refractivity contribution is 0.494. The molecular formula is C14H15F2N3. The summed E-state index contributed by atoms with van der Waals surface area (Å²) < 4.78 is 27.0. The second kappa shape index (κ2) is 5.40. The molecule has 0 saturated heterocycles. The van der Waals surface area contributed by atoms with Gasteiger partial charge in [-0.2, -0.15) is 10.2 Å². The van der Waals surface area contributed by atoms with E-state index in [0.29, 0.717) is 23.4 Å². The number of hydrogen-bond acceptors (Lipinski definition) is 3. The third kappa shape index (κ3) is 2.61. The SMILES string of the molecule is CCc1nnc(C)cc1C(N)c1cccc(F)c1F. The molecule has 100 valence electrons. The van der Waals surface area contributed by atoms with Crippen LogP contribution in [0.25, 0.3) is 0 Å². The van der Waals surface area contributed by atoms with Gasteiger partial charge < -0.3 is 5.73 Å². The molecule has 0 saturated carbocycles. The first-order valence-electron chi connectivity index (χ1n) is 6.07. The third-order valence-electron chi connectivity index (χ3n) is 3.01. The van der Waals surface area contributed by atoms with Crippen molar-refractivity contribution in [3.05, 3.63) is 58.4 Å². The zero-order valence-corrected chi connectivity index (χ0v) is 10.8. The van der Waals surface area contributed by atoms with Gasteiger partial charge in [-0.05, 0) is 31.0 Å². The van der Waals surface area contributed by atoms with Crippen LogP contribution in [0, 0.1) is 18.6 Å². The van der Waals surface area contributed by atoms with Gasteiger partial charge in [0.05, 0.1) is 17.4 Å². The highest BCUT2D eigenvalue weighted by Crippen LogP contribution is 2.25. The summed E-state index contributed by atoms with van der Waals surface area (Å²) in [6, 6.07) is 5.02. The average molecular weight is 263 g/mol. The van der Waals surface area contributed by atoms with Gasteiger partial charge in [0.15, 0.2) is 11.6 Å². The van der Waals surface area contributed by atoms with Gasteiger partial charge in [0, 0.05) is 5.56 Å². The van der Waals surface area contributed by atoms with E-state index in [1.54, 1.807) is 13.0 Å². The second-order valence-electron chi connectivity index (χ2n) is 4.36. The van der Waals surface area contributed by atoms with Crippen LogP contribution in [0.15, 0.2) is 24.3 Å². The standard InChI is InChI=1S/C14H15F2N3/c1-3-12-10(7-8(2)18-19-12)14(17)9-5-4-6-11(15)13(9)16/h4-7,14H,3,17H2,1-2H3. The van der Waals surface area contributed by atoms with Crippen LogP contribution in [0.3, 0.4) is 0 Å². The van der Waals surface area contributed by atoms with Crippen LogP contribution in [0.4, 0.5) is 8.78 Å². The van der Waals surface area contributed by atoms with E-state index in [1.807, 2.05) is 6.92 Å². The molecular weight excluding hydrogens is 248 g/mol. The van der Waals surface area contributed by atoms with E-state index < -0.39 is 17.7 Å². The number of benzene rings is 1. The molecule has 2 N–H and O–H groups in total. The molecule has 0 aliphatic carbocycles. The number of aryl methyl sites for hydroxylation is 2. The Morgan fingerprint density at radius 3 is 2.63 bits per heavy atom. The number of nitrogens with two attached hydrogens (primary N) is 1. The highest BCUT2D eigenvalue weighted by molar-refractivity contribution is 5.35. The van der Waals surface area contributed by atoms with Crippen LogP contribution < -0.4 is 5.73 Å². The normalized spacial score (nSPS) is 12.5. The van der Waals surface area contributed by atoms with E-state index in [-0.39, 0.29) is 5.56 Å².